The number of carbonyl (C=O) groups is 2. The number of carbonyl (C=O) groups excluding carboxylic acids is 1. The van der Waals surface area contributed by atoms with Gasteiger partial charge in [0.25, 0.3) is 5.91 Å². The van der Waals surface area contributed by atoms with Gasteiger partial charge in [0.15, 0.2) is 6.61 Å². The molecule has 0 saturated carbocycles. The molecule has 0 aliphatic heterocycles. The molecule has 0 saturated heterocycles. The lowest BCUT2D eigenvalue weighted by Crippen LogP contribution is -2.28. The van der Waals surface area contributed by atoms with Crippen LogP contribution in [0.15, 0.2) is 42.7 Å². The zero-order chi connectivity index (χ0) is 18.2. The van der Waals surface area contributed by atoms with E-state index in [0.29, 0.717) is 24.3 Å². The van der Waals surface area contributed by atoms with Gasteiger partial charge in [-0.3, -0.25) is 15.2 Å². The molecular formula is C17H18N4O4. The first-order valence-corrected chi connectivity index (χ1v) is 7.47. The van der Waals surface area contributed by atoms with Gasteiger partial charge < -0.3 is 20.9 Å². The minimum absolute atomic E-state index is 0.190. The quantitative estimate of drug-likeness (QED) is 0.413. The molecule has 0 aliphatic rings. The van der Waals surface area contributed by atoms with Crippen molar-refractivity contribution >= 4 is 17.7 Å². The lowest BCUT2D eigenvalue weighted by atomic mass is 10.1. The monoisotopic (exact) mass is 342 g/mol. The van der Waals surface area contributed by atoms with Crippen LogP contribution >= 0.6 is 0 Å². The summed E-state index contributed by atoms with van der Waals surface area (Å²) >= 11 is 0. The van der Waals surface area contributed by atoms with Crippen molar-refractivity contribution < 1.29 is 19.4 Å². The minimum Gasteiger partial charge on any atom is -0.482 e. The number of pyridine rings is 1. The number of carboxylic acids is 1. The first-order chi connectivity index (χ1) is 12.0. The topological polar surface area (TPSA) is 138 Å². The SMILES string of the molecule is N=C(N)c1ccncc1C(=O)NCCc1ccc(OCC(=O)O)cc1. The number of hydrogen-bond donors (Lipinski definition) is 4. The van der Waals surface area contributed by atoms with Crippen molar-refractivity contribution in [2.24, 2.45) is 5.73 Å². The Labute approximate surface area is 144 Å². The van der Waals surface area contributed by atoms with Gasteiger partial charge in [-0.2, -0.15) is 0 Å². The molecule has 0 spiro atoms. The van der Waals surface area contributed by atoms with Crippen molar-refractivity contribution in [3.8, 4) is 5.75 Å². The summed E-state index contributed by atoms with van der Waals surface area (Å²) in [7, 11) is 0. The number of ether oxygens (including phenoxy) is 1. The molecular weight excluding hydrogens is 324 g/mol. The number of rotatable bonds is 8. The van der Waals surface area contributed by atoms with Gasteiger partial charge in [0.2, 0.25) is 0 Å². The molecule has 0 aliphatic carbocycles. The van der Waals surface area contributed by atoms with Gasteiger partial charge in [-0.05, 0) is 30.2 Å². The average molecular weight is 342 g/mol. The van der Waals surface area contributed by atoms with Crippen LogP contribution in [0.2, 0.25) is 0 Å². The molecule has 5 N–H and O–H groups in total. The van der Waals surface area contributed by atoms with Crippen LogP contribution in [0.1, 0.15) is 21.5 Å². The largest absolute Gasteiger partial charge is 0.482 e. The van der Waals surface area contributed by atoms with E-state index in [1.165, 1.54) is 18.5 Å². The second-order valence-electron chi connectivity index (χ2n) is 5.17. The zero-order valence-corrected chi connectivity index (χ0v) is 13.4. The Bertz CT molecular complexity index is 774. The predicted octanol–water partition coefficient (Wildman–Crippen LogP) is 0.802. The maximum absolute atomic E-state index is 12.2. The summed E-state index contributed by atoms with van der Waals surface area (Å²) in [6, 6.07) is 8.47. The number of nitrogen functional groups attached to an aromatic ring is 1. The van der Waals surface area contributed by atoms with Gasteiger partial charge in [0, 0.05) is 24.5 Å². The number of amidine groups is 1. The predicted molar refractivity (Wildman–Crippen MR) is 90.9 cm³/mol. The Morgan fingerprint density at radius 2 is 1.92 bits per heavy atom. The van der Waals surface area contributed by atoms with Gasteiger partial charge in [-0.15, -0.1) is 0 Å². The number of carboxylic acid groups (broad SMARTS) is 1. The average Bonchev–Trinajstić information content (AvgIpc) is 2.60. The Kier molecular flexibility index (Phi) is 6.05. The second kappa shape index (κ2) is 8.44. The molecule has 8 heteroatoms. The maximum Gasteiger partial charge on any atom is 0.341 e. The Balaban J connectivity index is 1.87. The van der Waals surface area contributed by atoms with Crippen LogP contribution < -0.4 is 15.8 Å². The molecule has 0 bridgehead atoms. The third-order valence-corrected chi connectivity index (χ3v) is 3.34. The maximum atomic E-state index is 12.2. The second-order valence-corrected chi connectivity index (χ2v) is 5.17. The van der Waals surface area contributed by atoms with E-state index in [2.05, 4.69) is 10.3 Å². The van der Waals surface area contributed by atoms with Gasteiger partial charge in [-0.1, -0.05) is 12.1 Å². The number of nitrogens with zero attached hydrogens (tertiary/aromatic N) is 1. The standard InChI is InChI=1S/C17H18N4O4/c18-16(19)13-6-7-20-9-14(13)17(24)21-8-5-11-1-3-12(4-2-11)25-10-15(22)23/h1-4,6-7,9H,5,8,10H2,(H3,18,19)(H,21,24)(H,22,23). The molecule has 8 nitrogen and oxygen atoms in total. The highest BCUT2D eigenvalue weighted by Gasteiger charge is 2.12. The molecule has 2 rings (SSSR count). The fourth-order valence-corrected chi connectivity index (χ4v) is 2.12. The molecule has 1 aromatic carbocycles. The first-order valence-electron chi connectivity index (χ1n) is 7.47. The zero-order valence-electron chi connectivity index (χ0n) is 13.4. The summed E-state index contributed by atoms with van der Waals surface area (Å²) in [6.07, 6.45) is 3.43. The molecule has 0 fully saturated rings. The van der Waals surface area contributed by atoms with Crippen LogP contribution in [0, 0.1) is 5.41 Å². The van der Waals surface area contributed by atoms with E-state index in [0.717, 1.165) is 5.56 Å². The van der Waals surface area contributed by atoms with Crippen LogP contribution in [0.3, 0.4) is 0 Å². The summed E-state index contributed by atoms with van der Waals surface area (Å²) in [5.74, 6) is -1.10. The van der Waals surface area contributed by atoms with Crippen LogP contribution in [-0.4, -0.2) is 41.0 Å². The van der Waals surface area contributed by atoms with E-state index in [1.807, 2.05) is 0 Å². The molecule has 0 atom stereocenters. The number of aromatic nitrogens is 1. The van der Waals surface area contributed by atoms with Crippen molar-refractivity contribution in [2.75, 3.05) is 13.2 Å². The molecule has 130 valence electrons. The van der Waals surface area contributed by atoms with Gasteiger partial charge in [0.1, 0.15) is 11.6 Å². The number of nitrogens with two attached hydrogens (primary N) is 1. The minimum atomic E-state index is -1.04. The molecule has 2 aromatic rings. The van der Waals surface area contributed by atoms with E-state index >= 15 is 0 Å². The van der Waals surface area contributed by atoms with Gasteiger partial charge in [-0.25, -0.2) is 4.79 Å². The third kappa shape index (κ3) is 5.31. The molecule has 1 heterocycles. The van der Waals surface area contributed by atoms with Crippen LogP contribution in [0.5, 0.6) is 5.75 Å². The molecule has 1 amide bonds. The van der Waals surface area contributed by atoms with Crippen LogP contribution in [0.25, 0.3) is 0 Å². The summed E-state index contributed by atoms with van der Waals surface area (Å²) in [4.78, 5) is 26.5. The molecule has 1 aromatic heterocycles. The number of benzene rings is 1. The molecule has 0 unspecified atom stereocenters. The Morgan fingerprint density at radius 3 is 2.56 bits per heavy atom. The number of aliphatic carboxylic acids is 1. The number of nitrogens with one attached hydrogen (secondary N) is 2. The van der Waals surface area contributed by atoms with E-state index in [4.69, 9.17) is 21.0 Å². The van der Waals surface area contributed by atoms with Crippen molar-refractivity contribution in [1.82, 2.24) is 10.3 Å². The number of amides is 1. The lowest BCUT2D eigenvalue weighted by Gasteiger charge is -2.09. The lowest BCUT2D eigenvalue weighted by molar-refractivity contribution is -0.139. The van der Waals surface area contributed by atoms with E-state index in [-0.39, 0.29) is 23.9 Å². The van der Waals surface area contributed by atoms with Crippen LogP contribution in [-0.2, 0) is 11.2 Å². The number of hydrogen-bond acceptors (Lipinski definition) is 5. The van der Waals surface area contributed by atoms with Crippen molar-refractivity contribution in [2.45, 2.75) is 6.42 Å². The third-order valence-electron chi connectivity index (χ3n) is 3.34. The molecule has 25 heavy (non-hydrogen) atoms. The van der Waals surface area contributed by atoms with Crippen molar-refractivity contribution in [1.29, 1.82) is 5.41 Å². The Hall–Kier alpha value is -3.42. The summed E-state index contributed by atoms with van der Waals surface area (Å²) in [5.41, 5.74) is 7.01. The summed E-state index contributed by atoms with van der Waals surface area (Å²) in [5, 5.41) is 18.8. The van der Waals surface area contributed by atoms with Gasteiger partial charge >= 0.3 is 5.97 Å². The fraction of sp³-hybridized carbons (Fsp3) is 0.176. The van der Waals surface area contributed by atoms with E-state index < -0.39 is 5.97 Å². The fourth-order valence-electron chi connectivity index (χ4n) is 2.12. The Morgan fingerprint density at radius 1 is 1.20 bits per heavy atom. The highest BCUT2D eigenvalue weighted by Crippen LogP contribution is 2.12. The highest BCUT2D eigenvalue weighted by molar-refractivity contribution is 6.07. The van der Waals surface area contributed by atoms with Crippen molar-refractivity contribution in [3.63, 3.8) is 0 Å². The molecule has 0 radical (unpaired) electrons. The smallest absolute Gasteiger partial charge is 0.341 e. The first kappa shape index (κ1) is 17.9. The van der Waals surface area contributed by atoms with Gasteiger partial charge in [0.05, 0.1) is 5.56 Å². The van der Waals surface area contributed by atoms with Crippen LogP contribution in [0.4, 0.5) is 0 Å². The van der Waals surface area contributed by atoms with Crippen molar-refractivity contribution in [3.05, 3.63) is 59.4 Å². The van der Waals surface area contributed by atoms with E-state index in [1.54, 1.807) is 24.3 Å². The normalized spacial score (nSPS) is 10.1. The summed E-state index contributed by atoms with van der Waals surface area (Å²) < 4.78 is 5.05. The summed E-state index contributed by atoms with van der Waals surface area (Å²) in [6.45, 7) is -0.000596. The van der Waals surface area contributed by atoms with E-state index in [9.17, 15) is 9.59 Å². The highest BCUT2D eigenvalue weighted by atomic mass is 16.5.